The lowest BCUT2D eigenvalue weighted by Crippen LogP contribution is -2.40. The minimum atomic E-state index is 0. The van der Waals surface area contributed by atoms with Gasteiger partial charge in [0.15, 0.2) is 11.1 Å². The second kappa shape index (κ2) is 9.80. The predicted octanol–water partition coefficient (Wildman–Crippen LogP) is 3.82. The van der Waals surface area contributed by atoms with Crippen LogP contribution in [0.3, 0.4) is 0 Å². The summed E-state index contributed by atoms with van der Waals surface area (Å²) in [6.45, 7) is 1.61. The summed E-state index contributed by atoms with van der Waals surface area (Å²) >= 11 is 3.63. The van der Waals surface area contributed by atoms with Crippen LogP contribution in [-0.2, 0) is 6.54 Å². The predicted molar refractivity (Wildman–Crippen MR) is 124 cm³/mol. The molecule has 5 nitrogen and oxygen atoms in total. The van der Waals surface area contributed by atoms with Crippen molar-refractivity contribution in [3.63, 3.8) is 0 Å². The molecule has 3 rings (SSSR count). The van der Waals surface area contributed by atoms with E-state index in [4.69, 9.17) is 0 Å². The molecule has 1 aliphatic carbocycles. The van der Waals surface area contributed by atoms with Gasteiger partial charge in [0.25, 0.3) is 0 Å². The molecule has 8 heteroatoms. The second-order valence-electron chi connectivity index (χ2n) is 6.39. The van der Waals surface area contributed by atoms with Gasteiger partial charge in [-0.1, -0.05) is 18.2 Å². The molecule has 1 saturated carbocycles. The number of guanidine groups is 1. The first kappa shape index (κ1) is 21.3. The van der Waals surface area contributed by atoms with Gasteiger partial charge < -0.3 is 15.5 Å². The zero-order chi connectivity index (χ0) is 17.7. The fourth-order valence-electron chi connectivity index (χ4n) is 2.42. The Morgan fingerprint density at radius 3 is 2.58 bits per heavy atom. The maximum atomic E-state index is 4.59. The van der Waals surface area contributed by atoms with Gasteiger partial charge in [0.1, 0.15) is 0 Å². The first-order valence-corrected chi connectivity index (χ1v) is 10.1. The number of nitrogens with one attached hydrogen (secondary N) is 2. The summed E-state index contributed by atoms with van der Waals surface area (Å²) in [5.41, 5.74) is 1.04. The number of rotatable bonds is 7. The molecule has 2 N–H and O–H groups in total. The van der Waals surface area contributed by atoms with E-state index in [1.54, 1.807) is 11.3 Å². The summed E-state index contributed by atoms with van der Waals surface area (Å²) in [5.74, 6) is 0.833. The van der Waals surface area contributed by atoms with Crippen molar-refractivity contribution in [2.45, 2.75) is 29.0 Å². The van der Waals surface area contributed by atoms with Gasteiger partial charge in [-0.2, -0.15) is 0 Å². The van der Waals surface area contributed by atoms with E-state index in [1.165, 1.54) is 17.7 Å². The zero-order valence-corrected chi connectivity index (χ0v) is 19.3. The Morgan fingerprint density at radius 1 is 1.27 bits per heavy atom. The normalized spacial score (nSPS) is 15.1. The summed E-state index contributed by atoms with van der Waals surface area (Å²) in [4.78, 5) is 12.3. The van der Waals surface area contributed by atoms with Crippen LogP contribution in [0.4, 0.5) is 5.13 Å². The van der Waals surface area contributed by atoms with Crippen molar-refractivity contribution in [2.24, 2.45) is 4.99 Å². The molecule has 2 aromatic rings. The van der Waals surface area contributed by atoms with Crippen molar-refractivity contribution in [1.82, 2.24) is 15.6 Å². The van der Waals surface area contributed by atoms with E-state index >= 15 is 0 Å². The van der Waals surface area contributed by atoms with Crippen molar-refractivity contribution in [3.05, 3.63) is 41.4 Å². The Morgan fingerprint density at radius 2 is 2.00 bits per heavy atom. The molecule has 0 atom stereocenters. The van der Waals surface area contributed by atoms with Gasteiger partial charge in [0.05, 0.1) is 12.2 Å². The maximum absolute atomic E-state index is 4.59. The molecule has 0 spiro atoms. The highest BCUT2D eigenvalue weighted by atomic mass is 127. The lowest BCUT2D eigenvalue weighted by molar-refractivity contribution is 0.761. The highest BCUT2D eigenvalue weighted by molar-refractivity contribution is 14.0. The van der Waals surface area contributed by atoms with Crippen LogP contribution in [0, 0.1) is 0 Å². The Balaban J connectivity index is 0.00000243. The molecular weight excluding hydrogens is 477 g/mol. The number of halogens is 1. The number of aromatic nitrogens is 1. The number of benzene rings is 1. The van der Waals surface area contributed by atoms with Gasteiger partial charge in [-0.25, -0.2) is 4.98 Å². The van der Waals surface area contributed by atoms with E-state index in [2.05, 4.69) is 56.3 Å². The molecule has 1 aromatic heterocycles. The molecule has 1 aromatic carbocycles. The van der Waals surface area contributed by atoms with Crippen molar-refractivity contribution in [3.8, 4) is 0 Å². The first-order chi connectivity index (χ1) is 12.1. The van der Waals surface area contributed by atoms with Crippen LogP contribution in [0.2, 0.25) is 0 Å². The third-order valence-corrected chi connectivity index (χ3v) is 6.60. The molecule has 0 aliphatic heterocycles. The number of thiazole rings is 1. The van der Waals surface area contributed by atoms with Crippen molar-refractivity contribution in [1.29, 1.82) is 0 Å². The molecule has 0 unspecified atom stereocenters. The van der Waals surface area contributed by atoms with Gasteiger partial charge in [-0.05, 0) is 25.0 Å². The topological polar surface area (TPSA) is 52.6 Å². The van der Waals surface area contributed by atoms with Crippen molar-refractivity contribution in [2.75, 3.05) is 32.6 Å². The van der Waals surface area contributed by atoms with Crippen LogP contribution in [-0.4, -0.2) is 43.4 Å². The number of hydrogen-bond donors (Lipinski definition) is 2. The smallest absolute Gasteiger partial charge is 0.191 e. The lowest BCUT2D eigenvalue weighted by Gasteiger charge is -2.18. The van der Waals surface area contributed by atoms with E-state index in [9.17, 15) is 0 Å². The van der Waals surface area contributed by atoms with E-state index in [0.717, 1.165) is 23.3 Å². The highest BCUT2D eigenvalue weighted by Gasteiger charge is 2.43. The minimum Gasteiger partial charge on any atom is -0.355 e. The first-order valence-electron chi connectivity index (χ1n) is 8.40. The second-order valence-corrected chi connectivity index (χ2v) is 8.77. The SMILES string of the molecule is CN=C(NCc1csc(N(C)C)n1)NCC1(Sc2ccccc2)CC1.I. The summed E-state index contributed by atoms with van der Waals surface area (Å²) in [5, 5.41) is 9.94. The zero-order valence-electron chi connectivity index (χ0n) is 15.4. The number of anilines is 1. The van der Waals surface area contributed by atoms with E-state index in [1.807, 2.05) is 37.8 Å². The van der Waals surface area contributed by atoms with Crippen LogP contribution in [0.25, 0.3) is 0 Å². The molecule has 0 radical (unpaired) electrons. The van der Waals surface area contributed by atoms with E-state index < -0.39 is 0 Å². The van der Waals surface area contributed by atoms with Gasteiger partial charge in [-0.3, -0.25) is 4.99 Å². The van der Waals surface area contributed by atoms with E-state index in [-0.39, 0.29) is 24.0 Å². The largest absolute Gasteiger partial charge is 0.355 e. The van der Waals surface area contributed by atoms with Crippen LogP contribution >= 0.6 is 47.1 Å². The Bertz CT molecular complexity index is 713. The number of aliphatic imine (C=N–C) groups is 1. The van der Waals surface area contributed by atoms with Crippen LogP contribution in [0.15, 0.2) is 45.6 Å². The highest BCUT2D eigenvalue weighted by Crippen LogP contribution is 2.51. The molecule has 0 saturated heterocycles. The monoisotopic (exact) mass is 503 g/mol. The number of nitrogens with zero attached hydrogens (tertiary/aromatic N) is 3. The number of hydrogen-bond acceptors (Lipinski definition) is 5. The summed E-state index contributed by atoms with van der Waals surface area (Å²) in [7, 11) is 5.83. The fraction of sp³-hybridized carbons (Fsp3) is 0.444. The van der Waals surface area contributed by atoms with Gasteiger partial charge in [0, 0.05) is 42.7 Å². The fourth-order valence-corrected chi connectivity index (χ4v) is 4.42. The van der Waals surface area contributed by atoms with Gasteiger partial charge in [0.2, 0.25) is 0 Å². The Labute approximate surface area is 181 Å². The van der Waals surface area contributed by atoms with Crippen LogP contribution in [0.1, 0.15) is 18.5 Å². The third kappa shape index (κ3) is 6.02. The third-order valence-electron chi connectivity index (χ3n) is 4.05. The average Bonchev–Trinajstić information content (AvgIpc) is 3.20. The van der Waals surface area contributed by atoms with Crippen molar-refractivity contribution >= 4 is 58.2 Å². The standard InChI is InChI=1S/C18H25N5S2.HI/c1-19-16(20-11-14-12-24-17(22-14)23(2)3)21-13-18(9-10-18)25-15-7-5-4-6-8-15;/h4-8,12H,9-11,13H2,1-3H3,(H2,19,20,21);1H. The molecular formula is C18H26IN5S2. The molecule has 1 heterocycles. The van der Waals surface area contributed by atoms with Gasteiger partial charge in [-0.15, -0.1) is 47.1 Å². The summed E-state index contributed by atoms with van der Waals surface area (Å²) in [6.07, 6.45) is 2.49. The molecule has 0 amide bonds. The lowest BCUT2D eigenvalue weighted by atomic mass is 10.4. The quantitative estimate of drug-likeness (QED) is 0.342. The molecule has 142 valence electrons. The Kier molecular flexibility index (Phi) is 8.03. The minimum absolute atomic E-state index is 0. The Hall–Kier alpha value is -1.000. The summed E-state index contributed by atoms with van der Waals surface area (Å²) in [6, 6.07) is 10.6. The van der Waals surface area contributed by atoms with Crippen LogP contribution in [0.5, 0.6) is 0 Å². The number of thioether (sulfide) groups is 1. The van der Waals surface area contributed by atoms with E-state index in [0.29, 0.717) is 11.3 Å². The average molecular weight is 503 g/mol. The maximum Gasteiger partial charge on any atom is 0.191 e. The summed E-state index contributed by atoms with van der Waals surface area (Å²) < 4.78 is 0.303. The molecule has 26 heavy (non-hydrogen) atoms. The van der Waals surface area contributed by atoms with Gasteiger partial charge >= 0.3 is 0 Å². The molecule has 1 fully saturated rings. The van der Waals surface area contributed by atoms with Crippen LogP contribution < -0.4 is 15.5 Å². The molecule has 1 aliphatic rings. The molecule has 0 bridgehead atoms. The van der Waals surface area contributed by atoms with Crippen molar-refractivity contribution < 1.29 is 0 Å².